The monoisotopic (exact) mass is 240 g/mol. The summed E-state index contributed by atoms with van der Waals surface area (Å²) in [6.07, 6.45) is 0.942. The van der Waals surface area contributed by atoms with Gasteiger partial charge in [-0.25, -0.2) is 0 Å². The minimum absolute atomic E-state index is 0.636. The van der Waals surface area contributed by atoms with Gasteiger partial charge in [0.1, 0.15) is 5.73 Å². The molecule has 0 spiro atoms. The van der Waals surface area contributed by atoms with Crippen LogP contribution in [0.1, 0.15) is 24.6 Å². The van der Waals surface area contributed by atoms with E-state index in [4.69, 9.17) is 8.85 Å². The summed E-state index contributed by atoms with van der Waals surface area (Å²) < 4.78 is 11.0. The fraction of sp³-hybridized carbons (Fsp3) is 0.500. The topological polar surface area (TPSA) is 38.7 Å². The Morgan fingerprint density at radius 3 is 2.19 bits per heavy atom. The van der Waals surface area contributed by atoms with Crippen LogP contribution in [0.4, 0.5) is 0 Å². The van der Waals surface area contributed by atoms with E-state index in [-0.39, 0.29) is 0 Å². The normalized spacial score (nSPS) is 13.8. The fourth-order valence-corrected chi connectivity index (χ4v) is 4.58. The summed E-state index contributed by atoms with van der Waals surface area (Å²) in [5, 5.41) is 10.4. The van der Waals surface area contributed by atoms with Gasteiger partial charge < -0.3 is 14.0 Å². The molecule has 0 amide bonds. The summed E-state index contributed by atoms with van der Waals surface area (Å²) in [6.45, 7) is 2.07. The lowest BCUT2D eigenvalue weighted by Crippen LogP contribution is -2.46. The van der Waals surface area contributed by atoms with Crippen molar-refractivity contribution in [1.82, 2.24) is 0 Å². The quantitative estimate of drug-likeness (QED) is 0.776. The van der Waals surface area contributed by atoms with E-state index in [1.54, 1.807) is 14.2 Å². The molecule has 1 unspecified atom stereocenters. The van der Waals surface area contributed by atoms with Crippen molar-refractivity contribution in [1.29, 1.82) is 0 Å². The van der Waals surface area contributed by atoms with Gasteiger partial charge in [-0.1, -0.05) is 43.7 Å². The second-order valence-electron chi connectivity index (χ2n) is 3.78. The number of hydrogen-bond donors (Lipinski definition) is 1. The summed E-state index contributed by atoms with van der Waals surface area (Å²) in [4.78, 5) is 0. The molecule has 0 aliphatic rings. The van der Waals surface area contributed by atoms with Crippen molar-refractivity contribution in [2.45, 2.75) is 25.1 Å². The lowest BCUT2D eigenvalue weighted by atomic mass is 10.2. The van der Waals surface area contributed by atoms with E-state index >= 15 is 0 Å². The molecule has 0 aromatic heterocycles. The Hall–Kier alpha value is -0.683. The van der Waals surface area contributed by atoms with Crippen LogP contribution in [-0.2, 0) is 8.85 Å². The molecule has 0 bridgehead atoms. The highest BCUT2D eigenvalue weighted by molar-refractivity contribution is 6.68. The zero-order valence-corrected chi connectivity index (χ0v) is 11.1. The third-order valence-electron chi connectivity index (χ3n) is 2.82. The van der Waals surface area contributed by atoms with Crippen molar-refractivity contribution in [3.8, 4) is 0 Å². The van der Waals surface area contributed by atoms with Crippen molar-refractivity contribution < 1.29 is 14.0 Å². The number of benzene rings is 1. The number of rotatable bonds is 6. The Labute approximate surface area is 98.3 Å². The van der Waals surface area contributed by atoms with E-state index in [0.29, 0.717) is 0 Å². The lowest BCUT2D eigenvalue weighted by molar-refractivity contribution is 0.140. The summed E-state index contributed by atoms with van der Waals surface area (Å²) in [5.74, 6) is 0. The molecule has 0 aliphatic carbocycles. The van der Waals surface area contributed by atoms with E-state index in [9.17, 15) is 5.11 Å². The predicted octanol–water partition coefficient (Wildman–Crippen LogP) is 2.40. The average Bonchev–Trinajstić information content (AvgIpc) is 2.36. The van der Waals surface area contributed by atoms with Gasteiger partial charge in [-0.3, -0.25) is 0 Å². The molecule has 0 radical (unpaired) electrons. The van der Waals surface area contributed by atoms with Crippen LogP contribution in [0.5, 0.6) is 0 Å². The van der Waals surface area contributed by atoms with Crippen LogP contribution in [0.2, 0.25) is 6.04 Å². The molecule has 1 atom stereocenters. The maximum atomic E-state index is 10.4. The molecule has 4 heteroatoms. The van der Waals surface area contributed by atoms with Crippen molar-refractivity contribution in [3.63, 3.8) is 0 Å². The van der Waals surface area contributed by atoms with Gasteiger partial charge in [-0.05, 0) is 11.6 Å². The van der Waals surface area contributed by atoms with Gasteiger partial charge in [-0.15, -0.1) is 0 Å². The van der Waals surface area contributed by atoms with Crippen LogP contribution in [-0.4, -0.2) is 27.9 Å². The molecule has 16 heavy (non-hydrogen) atoms. The highest BCUT2D eigenvalue weighted by Crippen LogP contribution is 2.29. The lowest BCUT2D eigenvalue weighted by Gasteiger charge is -2.31. The zero-order chi connectivity index (χ0) is 12.0. The summed E-state index contributed by atoms with van der Waals surface area (Å²) in [5.41, 5.74) is 0.231. The smallest absolute Gasteiger partial charge is 0.371 e. The largest absolute Gasteiger partial charge is 0.396 e. The van der Waals surface area contributed by atoms with E-state index in [2.05, 4.69) is 6.92 Å². The number of aliphatic hydroxyl groups is 1. The van der Waals surface area contributed by atoms with Crippen molar-refractivity contribution >= 4 is 8.56 Å². The molecule has 1 rings (SSSR count). The van der Waals surface area contributed by atoms with Crippen LogP contribution in [0, 0.1) is 0 Å². The van der Waals surface area contributed by atoms with Crippen LogP contribution in [0.25, 0.3) is 0 Å². The Morgan fingerprint density at radius 1 is 1.19 bits per heavy atom. The maximum absolute atomic E-state index is 10.4. The minimum Gasteiger partial charge on any atom is -0.396 e. The van der Waals surface area contributed by atoms with E-state index in [1.807, 2.05) is 30.3 Å². The Bertz CT molecular complexity index is 298. The molecule has 1 N–H and O–H groups in total. The Kier molecular flexibility index (Phi) is 5.14. The molecule has 1 aromatic rings. The van der Waals surface area contributed by atoms with Gasteiger partial charge in [-0.2, -0.15) is 0 Å². The first-order chi connectivity index (χ1) is 7.70. The Morgan fingerprint density at radius 2 is 1.75 bits per heavy atom. The van der Waals surface area contributed by atoms with E-state index in [1.165, 1.54) is 0 Å². The van der Waals surface area contributed by atoms with Crippen LogP contribution in [0.3, 0.4) is 0 Å². The second kappa shape index (κ2) is 6.15. The van der Waals surface area contributed by atoms with Crippen molar-refractivity contribution in [3.05, 3.63) is 35.9 Å². The predicted molar refractivity (Wildman–Crippen MR) is 66.3 cm³/mol. The van der Waals surface area contributed by atoms with Gasteiger partial charge in [0.05, 0.1) is 0 Å². The number of aliphatic hydroxyl groups excluding tert-OH is 1. The zero-order valence-electron chi connectivity index (χ0n) is 10.1. The molecule has 0 heterocycles. The first-order valence-electron chi connectivity index (χ1n) is 5.53. The first kappa shape index (κ1) is 13.4. The van der Waals surface area contributed by atoms with E-state index in [0.717, 1.165) is 18.0 Å². The van der Waals surface area contributed by atoms with Gasteiger partial charge >= 0.3 is 8.56 Å². The molecule has 0 saturated carbocycles. The standard InChI is InChI=1S/C12H20O3Si/c1-4-10-16(14-2,15-3)12(13)11-8-6-5-7-9-11/h5-9,12-13H,4,10H2,1-3H3. The second-order valence-corrected chi connectivity index (χ2v) is 7.27. The molecule has 90 valence electrons. The van der Waals surface area contributed by atoms with Gasteiger partial charge in [0.25, 0.3) is 0 Å². The number of hydrogen-bond acceptors (Lipinski definition) is 3. The SMILES string of the molecule is CCC[Si](OC)(OC)C(O)c1ccccc1. The molecule has 0 fully saturated rings. The summed E-state index contributed by atoms with van der Waals surface area (Å²) in [7, 11) is 0.713. The first-order valence-corrected chi connectivity index (χ1v) is 7.63. The summed E-state index contributed by atoms with van der Waals surface area (Å²) >= 11 is 0. The van der Waals surface area contributed by atoms with E-state index < -0.39 is 14.3 Å². The van der Waals surface area contributed by atoms with Gasteiger partial charge in [0.2, 0.25) is 0 Å². The Balaban J connectivity index is 2.95. The van der Waals surface area contributed by atoms with Crippen molar-refractivity contribution in [2.75, 3.05) is 14.2 Å². The molecular weight excluding hydrogens is 220 g/mol. The summed E-state index contributed by atoms with van der Waals surface area (Å²) in [6, 6.07) is 10.3. The van der Waals surface area contributed by atoms with Gasteiger partial charge in [0, 0.05) is 14.2 Å². The highest BCUT2D eigenvalue weighted by Gasteiger charge is 2.43. The third kappa shape index (κ3) is 2.71. The highest BCUT2D eigenvalue weighted by atomic mass is 28.4. The molecule has 0 saturated heterocycles. The van der Waals surface area contributed by atoms with Gasteiger partial charge in [0.15, 0.2) is 0 Å². The molecule has 1 aromatic carbocycles. The molecular formula is C12H20O3Si. The van der Waals surface area contributed by atoms with Crippen LogP contribution >= 0.6 is 0 Å². The van der Waals surface area contributed by atoms with Crippen LogP contribution < -0.4 is 0 Å². The van der Waals surface area contributed by atoms with Crippen LogP contribution in [0.15, 0.2) is 30.3 Å². The molecule has 3 nitrogen and oxygen atoms in total. The molecule has 0 aliphatic heterocycles. The maximum Gasteiger partial charge on any atom is 0.371 e. The minimum atomic E-state index is -2.53. The average molecular weight is 240 g/mol. The fourth-order valence-electron chi connectivity index (χ4n) is 1.89. The van der Waals surface area contributed by atoms with Crippen molar-refractivity contribution in [2.24, 2.45) is 0 Å². The third-order valence-corrected chi connectivity index (χ3v) is 6.57.